The molecule has 7 heteroatoms. The van der Waals surface area contributed by atoms with Crippen LogP contribution in [0.5, 0.6) is 0 Å². The molecule has 2 heterocycles. The third-order valence-corrected chi connectivity index (χ3v) is 6.41. The molecule has 0 aromatic heterocycles. The first-order chi connectivity index (χ1) is 15.5. The maximum atomic E-state index is 13.4. The molecule has 0 spiro atoms. The van der Waals surface area contributed by atoms with Gasteiger partial charge in [0.1, 0.15) is 0 Å². The number of hydrogen-bond donors (Lipinski definition) is 1. The molecule has 0 fully saturated rings. The number of rotatable bonds is 2. The monoisotopic (exact) mass is 460 g/mol. The largest absolute Gasteiger partial charge is 0.333 e. The van der Waals surface area contributed by atoms with Gasteiger partial charge in [0.15, 0.2) is 5.11 Å². The molecule has 1 amide bonds. The number of fused-ring (bicyclic) bond motifs is 2. The van der Waals surface area contributed by atoms with Gasteiger partial charge in [0.2, 0.25) is 6.17 Å². The highest BCUT2D eigenvalue weighted by Gasteiger charge is 2.32. The van der Waals surface area contributed by atoms with Crippen molar-refractivity contribution in [1.29, 1.82) is 0 Å². The first kappa shape index (κ1) is 20.7. The van der Waals surface area contributed by atoms with Gasteiger partial charge in [-0.3, -0.25) is 4.79 Å². The summed E-state index contributed by atoms with van der Waals surface area (Å²) in [5, 5.41) is 4.29. The summed E-state index contributed by atoms with van der Waals surface area (Å²) in [6.45, 7) is 0.771. The molecule has 0 saturated carbocycles. The van der Waals surface area contributed by atoms with Crippen molar-refractivity contribution in [1.82, 2.24) is 5.32 Å². The molecule has 3 aromatic carbocycles. The van der Waals surface area contributed by atoms with Gasteiger partial charge in [0.25, 0.3) is 5.91 Å². The number of amides is 1. The topological polar surface area (TPSA) is 47.9 Å². The van der Waals surface area contributed by atoms with Gasteiger partial charge < -0.3 is 15.1 Å². The summed E-state index contributed by atoms with van der Waals surface area (Å²) in [6.07, 6.45) is 0.0561. The van der Waals surface area contributed by atoms with Crippen LogP contribution in [0.4, 0.5) is 11.4 Å². The summed E-state index contributed by atoms with van der Waals surface area (Å²) in [7, 11) is 1.75. The highest BCUT2D eigenvalue weighted by Crippen LogP contribution is 2.31. The van der Waals surface area contributed by atoms with Crippen LogP contribution < -0.4 is 15.1 Å². The summed E-state index contributed by atoms with van der Waals surface area (Å²) >= 11 is 12.0. The number of halogens is 1. The van der Waals surface area contributed by atoms with E-state index >= 15 is 0 Å². The Hall–Kier alpha value is -3.22. The first-order valence-electron chi connectivity index (χ1n) is 10.4. The standard InChI is InChI=1S/C25H21ClN4OS/c1-29-21-12-11-18(26)15-19(21)22(17-8-3-2-4-9-17)27-23(24(29)31)28-25(32)30-14-13-16-7-5-6-10-20(16)30/h2-12,15,23H,13-14H2,1H3,(H,28,32). The number of para-hydroxylation sites is 1. The predicted molar refractivity (Wildman–Crippen MR) is 134 cm³/mol. The fraction of sp³-hybridized carbons (Fsp3) is 0.160. The van der Waals surface area contributed by atoms with Crippen molar-refractivity contribution in [2.45, 2.75) is 12.6 Å². The fourth-order valence-corrected chi connectivity index (χ4v) is 4.68. The fourth-order valence-electron chi connectivity index (χ4n) is 4.21. The summed E-state index contributed by atoms with van der Waals surface area (Å²) < 4.78 is 0. The van der Waals surface area contributed by atoms with E-state index in [1.807, 2.05) is 65.6 Å². The van der Waals surface area contributed by atoms with Crippen LogP contribution in [-0.4, -0.2) is 36.5 Å². The Morgan fingerprint density at radius 3 is 2.62 bits per heavy atom. The number of benzodiazepines with no additional fused rings is 1. The van der Waals surface area contributed by atoms with E-state index in [9.17, 15) is 4.79 Å². The second kappa shape index (κ2) is 8.37. The minimum atomic E-state index is -0.860. The van der Waals surface area contributed by atoms with Gasteiger partial charge in [-0.25, -0.2) is 4.99 Å². The summed E-state index contributed by atoms with van der Waals surface area (Å²) in [5.41, 5.74) is 5.48. The van der Waals surface area contributed by atoms with Crippen LogP contribution in [0.25, 0.3) is 0 Å². The smallest absolute Gasteiger partial charge is 0.272 e. The molecular weight excluding hydrogens is 440 g/mol. The van der Waals surface area contributed by atoms with Gasteiger partial charge in [0.05, 0.1) is 11.4 Å². The molecule has 1 atom stereocenters. The lowest BCUT2D eigenvalue weighted by molar-refractivity contribution is -0.119. The molecular formula is C25H21ClN4OS. The molecule has 160 valence electrons. The summed E-state index contributed by atoms with van der Waals surface area (Å²) in [4.78, 5) is 21.9. The summed E-state index contributed by atoms with van der Waals surface area (Å²) in [5.74, 6) is -0.186. The zero-order valence-electron chi connectivity index (χ0n) is 17.5. The van der Waals surface area contributed by atoms with Gasteiger partial charge in [-0.05, 0) is 48.5 Å². The SMILES string of the molecule is CN1C(=O)C(NC(=S)N2CCc3ccccc32)N=C(c2ccccc2)c2cc(Cl)ccc21. The Morgan fingerprint density at radius 2 is 1.81 bits per heavy atom. The maximum absolute atomic E-state index is 13.4. The van der Waals surface area contributed by atoms with Crippen molar-refractivity contribution in [3.8, 4) is 0 Å². The number of likely N-dealkylation sites (N-methyl/N-ethyl adjacent to an activating group) is 1. The molecule has 0 radical (unpaired) electrons. The van der Waals surface area contributed by atoms with E-state index in [0.717, 1.165) is 35.5 Å². The van der Waals surface area contributed by atoms with E-state index in [1.165, 1.54) is 5.56 Å². The minimum Gasteiger partial charge on any atom is -0.333 e. The number of hydrogen-bond acceptors (Lipinski definition) is 3. The van der Waals surface area contributed by atoms with E-state index in [4.69, 9.17) is 28.8 Å². The lowest BCUT2D eigenvalue weighted by Crippen LogP contribution is -2.50. The van der Waals surface area contributed by atoms with E-state index in [-0.39, 0.29) is 5.91 Å². The minimum absolute atomic E-state index is 0.186. The van der Waals surface area contributed by atoms with Crippen molar-refractivity contribution in [3.63, 3.8) is 0 Å². The third-order valence-electron chi connectivity index (χ3n) is 5.84. The van der Waals surface area contributed by atoms with Crippen LogP contribution >= 0.6 is 23.8 Å². The van der Waals surface area contributed by atoms with Crippen LogP contribution in [0.3, 0.4) is 0 Å². The average molecular weight is 461 g/mol. The second-order valence-corrected chi connectivity index (χ2v) is 8.61. The molecule has 0 aliphatic carbocycles. The number of thiocarbonyl (C=S) groups is 1. The molecule has 5 nitrogen and oxygen atoms in total. The van der Waals surface area contributed by atoms with Gasteiger partial charge in [-0.15, -0.1) is 0 Å². The third kappa shape index (κ3) is 3.66. The molecule has 2 aliphatic heterocycles. The molecule has 5 rings (SSSR count). The van der Waals surface area contributed by atoms with Crippen molar-refractivity contribution < 1.29 is 4.79 Å². The zero-order valence-corrected chi connectivity index (χ0v) is 19.0. The van der Waals surface area contributed by atoms with Crippen molar-refractivity contribution in [3.05, 3.63) is 94.5 Å². The van der Waals surface area contributed by atoms with Crippen LogP contribution in [0, 0.1) is 0 Å². The molecule has 1 N–H and O–H groups in total. The number of benzene rings is 3. The van der Waals surface area contributed by atoms with Gasteiger partial charge in [0, 0.05) is 35.4 Å². The highest BCUT2D eigenvalue weighted by molar-refractivity contribution is 7.80. The van der Waals surface area contributed by atoms with Gasteiger partial charge in [-0.1, -0.05) is 60.1 Å². The van der Waals surface area contributed by atoms with E-state index in [2.05, 4.69) is 11.4 Å². The van der Waals surface area contributed by atoms with Crippen LogP contribution in [0.1, 0.15) is 16.7 Å². The zero-order chi connectivity index (χ0) is 22.2. The highest BCUT2D eigenvalue weighted by atomic mass is 35.5. The lowest BCUT2D eigenvalue weighted by atomic mass is 10.0. The van der Waals surface area contributed by atoms with Crippen molar-refractivity contribution >= 4 is 51.9 Å². The second-order valence-electron chi connectivity index (χ2n) is 7.78. The van der Waals surface area contributed by atoms with Gasteiger partial charge in [-0.2, -0.15) is 0 Å². The van der Waals surface area contributed by atoms with Crippen LogP contribution in [-0.2, 0) is 11.2 Å². The Bertz CT molecular complexity index is 1240. The number of nitrogens with one attached hydrogen (secondary N) is 1. The number of anilines is 2. The van der Waals surface area contributed by atoms with E-state index in [1.54, 1.807) is 18.0 Å². The Kier molecular flexibility index (Phi) is 5.41. The van der Waals surface area contributed by atoms with Crippen molar-refractivity contribution in [2.75, 3.05) is 23.4 Å². The molecule has 0 saturated heterocycles. The Labute approximate surface area is 197 Å². The molecule has 1 unspecified atom stereocenters. The summed E-state index contributed by atoms with van der Waals surface area (Å²) in [6, 6.07) is 23.5. The Balaban J connectivity index is 1.55. The van der Waals surface area contributed by atoms with Gasteiger partial charge >= 0.3 is 0 Å². The molecule has 2 aliphatic rings. The number of nitrogens with zero attached hydrogens (tertiary/aromatic N) is 3. The molecule has 32 heavy (non-hydrogen) atoms. The number of carbonyl (C=O) groups is 1. The predicted octanol–water partition coefficient (Wildman–Crippen LogP) is 4.42. The Morgan fingerprint density at radius 1 is 1.06 bits per heavy atom. The normalized spacial score (nSPS) is 17.4. The molecule has 3 aromatic rings. The molecule has 0 bridgehead atoms. The lowest BCUT2D eigenvalue weighted by Gasteiger charge is -2.26. The van der Waals surface area contributed by atoms with E-state index < -0.39 is 6.17 Å². The average Bonchev–Trinajstić information content (AvgIpc) is 3.22. The quantitative estimate of drug-likeness (QED) is 0.575. The van der Waals surface area contributed by atoms with E-state index in [0.29, 0.717) is 15.8 Å². The first-order valence-corrected chi connectivity index (χ1v) is 11.2. The maximum Gasteiger partial charge on any atom is 0.272 e. The van der Waals surface area contributed by atoms with Crippen LogP contribution in [0.2, 0.25) is 5.02 Å². The number of carbonyl (C=O) groups excluding carboxylic acids is 1. The van der Waals surface area contributed by atoms with Crippen LogP contribution in [0.15, 0.2) is 77.8 Å². The number of aliphatic imine (C=N–C) groups is 1. The van der Waals surface area contributed by atoms with Crippen molar-refractivity contribution in [2.24, 2.45) is 4.99 Å².